The summed E-state index contributed by atoms with van der Waals surface area (Å²) < 4.78 is 0. The Bertz CT molecular complexity index is 503. The van der Waals surface area contributed by atoms with Gasteiger partial charge in [0.2, 0.25) is 5.91 Å². The summed E-state index contributed by atoms with van der Waals surface area (Å²) in [6.45, 7) is 7.21. The van der Waals surface area contributed by atoms with Gasteiger partial charge in [0.05, 0.1) is 24.1 Å². The van der Waals surface area contributed by atoms with Crippen molar-refractivity contribution < 1.29 is 30.0 Å². The Balaban J connectivity index is 2.16. The Morgan fingerprint density at radius 1 is 0.893 bits per heavy atom. The average Bonchev–Trinajstić information content (AvgIpc) is 2.59. The first kappa shape index (κ1) is 24.9. The summed E-state index contributed by atoms with van der Waals surface area (Å²) in [7, 11) is 0. The summed E-state index contributed by atoms with van der Waals surface area (Å²) in [5.74, 6) is -0.290. The van der Waals surface area contributed by atoms with E-state index < -0.39 is 28.8 Å². The predicted octanol–water partition coefficient (Wildman–Crippen LogP) is -2.26. The van der Waals surface area contributed by atoms with Crippen molar-refractivity contribution in [2.24, 2.45) is 0 Å². The first-order valence-corrected chi connectivity index (χ1v) is 10.3. The Morgan fingerprint density at radius 2 is 1.46 bits per heavy atom. The molecule has 0 spiro atoms. The van der Waals surface area contributed by atoms with E-state index in [1.165, 1.54) is 0 Å². The molecule has 0 aliphatic carbocycles. The zero-order valence-corrected chi connectivity index (χ0v) is 17.5. The SMILES string of the molecule is CC(C)(C)NC(=O)NCCNCCNC(=O)C[C@H]1S[C@@H](CO)[C@H](O)[C@H](O)[C@H]1O. The minimum Gasteiger partial charge on any atom is -0.395 e. The van der Waals surface area contributed by atoms with Crippen molar-refractivity contribution in [1.82, 2.24) is 21.3 Å². The van der Waals surface area contributed by atoms with Crippen molar-refractivity contribution in [2.75, 3.05) is 32.8 Å². The number of nitrogens with one attached hydrogen (secondary N) is 4. The number of thioether (sulfide) groups is 1. The van der Waals surface area contributed by atoms with E-state index >= 15 is 0 Å². The van der Waals surface area contributed by atoms with E-state index in [-0.39, 0.29) is 30.5 Å². The molecule has 8 N–H and O–H groups in total. The second-order valence-electron chi connectivity index (χ2n) is 7.80. The van der Waals surface area contributed by atoms with Crippen LogP contribution >= 0.6 is 11.8 Å². The third kappa shape index (κ3) is 8.93. The quantitative estimate of drug-likeness (QED) is 0.193. The van der Waals surface area contributed by atoms with Gasteiger partial charge in [-0.15, -0.1) is 11.8 Å². The third-order valence-corrected chi connectivity index (χ3v) is 5.65. The molecule has 11 heteroatoms. The molecule has 10 nitrogen and oxygen atoms in total. The highest BCUT2D eigenvalue weighted by Gasteiger charge is 2.43. The van der Waals surface area contributed by atoms with Crippen molar-refractivity contribution in [1.29, 1.82) is 0 Å². The van der Waals surface area contributed by atoms with Gasteiger partial charge < -0.3 is 41.7 Å². The lowest BCUT2D eigenvalue weighted by molar-refractivity contribution is -0.122. The Hall–Kier alpha value is -1.11. The highest BCUT2D eigenvalue weighted by molar-refractivity contribution is 8.00. The number of carbonyl (C=O) groups excluding carboxylic acids is 2. The third-order valence-electron chi connectivity index (χ3n) is 4.08. The minimum atomic E-state index is -1.39. The van der Waals surface area contributed by atoms with E-state index in [2.05, 4.69) is 21.3 Å². The monoisotopic (exact) mass is 422 g/mol. The minimum absolute atomic E-state index is 0.0271. The molecule has 1 fully saturated rings. The molecular weight excluding hydrogens is 388 g/mol. The van der Waals surface area contributed by atoms with Gasteiger partial charge in [0, 0.05) is 43.4 Å². The van der Waals surface area contributed by atoms with Crippen LogP contribution in [0.5, 0.6) is 0 Å². The van der Waals surface area contributed by atoms with Crippen molar-refractivity contribution in [3.05, 3.63) is 0 Å². The summed E-state index contributed by atoms with van der Waals surface area (Å²) in [5, 5.41) is 48.9. The molecule has 0 aromatic rings. The summed E-state index contributed by atoms with van der Waals surface area (Å²) in [6.07, 6.45) is -3.88. The van der Waals surface area contributed by atoms with E-state index in [4.69, 9.17) is 0 Å². The molecule has 1 saturated heterocycles. The average molecular weight is 423 g/mol. The van der Waals surface area contributed by atoms with Gasteiger partial charge in [-0.3, -0.25) is 4.79 Å². The summed E-state index contributed by atoms with van der Waals surface area (Å²) in [6, 6.07) is -0.236. The van der Waals surface area contributed by atoms with E-state index in [1.807, 2.05) is 20.8 Å². The topological polar surface area (TPSA) is 163 Å². The fourth-order valence-corrected chi connectivity index (χ4v) is 4.09. The van der Waals surface area contributed by atoms with Gasteiger partial charge in [-0.1, -0.05) is 0 Å². The molecule has 0 radical (unpaired) electrons. The molecule has 1 heterocycles. The van der Waals surface area contributed by atoms with Crippen LogP contribution in [0.25, 0.3) is 0 Å². The van der Waals surface area contributed by atoms with Gasteiger partial charge in [0.25, 0.3) is 0 Å². The van der Waals surface area contributed by atoms with Gasteiger partial charge in [-0.05, 0) is 20.8 Å². The lowest BCUT2D eigenvalue weighted by Gasteiger charge is -2.39. The Kier molecular flexibility index (Phi) is 10.5. The molecule has 0 bridgehead atoms. The number of amides is 3. The van der Waals surface area contributed by atoms with E-state index in [9.17, 15) is 30.0 Å². The van der Waals surface area contributed by atoms with Crippen molar-refractivity contribution in [3.63, 3.8) is 0 Å². The van der Waals surface area contributed by atoms with Crippen LogP contribution in [-0.4, -0.2) is 99.5 Å². The predicted molar refractivity (Wildman–Crippen MR) is 107 cm³/mol. The second kappa shape index (κ2) is 11.8. The molecule has 28 heavy (non-hydrogen) atoms. The lowest BCUT2D eigenvalue weighted by Crippen LogP contribution is -2.54. The van der Waals surface area contributed by atoms with Crippen LogP contribution in [0.15, 0.2) is 0 Å². The van der Waals surface area contributed by atoms with Gasteiger partial charge >= 0.3 is 6.03 Å². The van der Waals surface area contributed by atoms with Gasteiger partial charge in [0.15, 0.2) is 0 Å². The fraction of sp³-hybridized carbons (Fsp3) is 0.882. The maximum absolute atomic E-state index is 12.0. The maximum Gasteiger partial charge on any atom is 0.315 e. The number of aliphatic hydroxyl groups excluding tert-OH is 4. The number of hydrogen-bond acceptors (Lipinski definition) is 8. The van der Waals surface area contributed by atoms with Crippen LogP contribution < -0.4 is 21.3 Å². The fourth-order valence-electron chi connectivity index (χ4n) is 2.67. The molecule has 0 saturated carbocycles. The van der Waals surface area contributed by atoms with Crippen molar-refractivity contribution >= 4 is 23.7 Å². The Labute approximate surface area is 169 Å². The molecule has 0 aromatic carbocycles. The first-order chi connectivity index (χ1) is 13.0. The van der Waals surface area contributed by atoms with Crippen LogP contribution in [0.1, 0.15) is 27.2 Å². The van der Waals surface area contributed by atoms with Crippen LogP contribution in [0.4, 0.5) is 4.79 Å². The van der Waals surface area contributed by atoms with E-state index in [1.54, 1.807) is 0 Å². The summed E-state index contributed by atoms with van der Waals surface area (Å²) in [4.78, 5) is 23.6. The molecule has 164 valence electrons. The highest BCUT2D eigenvalue weighted by atomic mass is 32.2. The van der Waals surface area contributed by atoms with Crippen molar-refractivity contribution in [2.45, 2.75) is 61.5 Å². The molecule has 1 aliphatic heterocycles. The van der Waals surface area contributed by atoms with Crippen molar-refractivity contribution in [3.8, 4) is 0 Å². The van der Waals surface area contributed by atoms with Crippen LogP contribution in [0, 0.1) is 0 Å². The molecule has 3 amide bonds. The van der Waals surface area contributed by atoms with E-state index in [0.29, 0.717) is 26.2 Å². The zero-order chi connectivity index (χ0) is 21.3. The van der Waals surface area contributed by atoms with Crippen LogP contribution in [0.2, 0.25) is 0 Å². The smallest absolute Gasteiger partial charge is 0.315 e. The van der Waals surface area contributed by atoms with Gasteiger partial charge in [-0.2, -0.15) is 0 Å². The number of carbonyl (C=O) groups is 2. The molecule has 0 aromatic heterocycles. The molecular formula is C17H34N4O6S. The normalized spacial score (nSPS) is 27.9. The number of aliphatic hydroxyl groups is 4. The van der Waals surface area contributed by atoms with Crippen LogP contribution in [-0.2, 0) is 4.79 Å². The van der Waals surface area contributed by atoms with Gasteiger partial charge in [0.1, 0.15) is 6.10 Å². The number of hydrogen-bond donors (Lipinski definition) is 8. The first-order valence-electron chi connectivity index (χ1n) is 9.39. The lowest BCUT2D eigenvalue weighted by atomic mass is 9.99. The molecule has 1 aliphatic rings. The maximum atomic E-state index is 12.0. The zero-order valence-electron chi connectivity index (χ0n) is 16.6. The van der Waals surface area contributed by atoms with Gasteiger partial charge in [-0.25, -0.2) is 4.79 Å². The Morgan fingerprint density at radius 3 is 2.04 bits per heavy atom. The standard InChI is InChI=1S/C17H34N4O6S/c1-17(2,3)21-16(27)20-7-5-18-4-6-19-12(23)8-10-13(24)15(26)14(25)11(9-22)28-10/h10-11,13-15,18,22,24-26H,4-9H2,1-3H3,(H,19,23)(H2,20,21,27)/t10-,11+,13+,14+,15-/m1/s1. The highest BCUT2D eigenvalue weighted by Crippen LogP contribution is 2.34. The summed E-state index contributed by atoms with van der Waals surface area (Å²) in [5.41, 5.74) is -0.294. The van der Waals surface area contributed by atoms with Crippen LogP contribution in [0.3, 0.4) is 0 Å². The molecule has 5 atom stereocenters. The molecule has 1 rings (SSSR count). The second-order valence-corrected chi connectivity index (χ2v) is 9.29. The largest absolute Gasteiger partial charge is 0.395 e. The number of urea groups is 1. The van der Waals surface area contributed by atoms with E-state index in [0.717, 1.165) is 11.8 Å². The number of rotatable bonds is 9. The molecule has 0 unspecified atom stereocenters. The summed E-state index contributed by atoms with van der Waals surface area (Å²) >= 11 is 1.10.